The first kappa shape index (κ1) is 21.0. The Hall–Kier alpha value is -3.33. The minimum absolute atomic E-state index is 0.225. The zero-order valence-corrected chi connectivity index (χ0v) is 16.5. The van der Waals surface area contributed by atoms with Gasteiger partial charge in [-0.3, -0.25) is 4.79 Å². The van der Waals surface area contributed by atoms with Gasteiger partial charge >= 0.3 is 6.09 Å². The fourth-order valence-corrected chi connectivity index (χ4v) is 2.64. The molecule has 1 atom stereocenters. The highest BCUT2D eigenvalue weighted by molar-refractivity contribution is 5.95. The molecule has 146 valence electrons. The molecule has 0 fully saturated rings. The molecule has 28 heavy (non-hydrogen) atoms. The molecular formula is C22H25N3O3. The first-order chi connectivity index (χ1) is 13.1. The van der Waals surface area contributed by atoms with Gasteiger partial charge in [-0.25, -0.2) is 9.78 Å². The number of aryl methyl sites for hydroxylation is 1. The number of carbonyl (C=O) groups is 2. The molecule has 2 aromatic rings. The van der Waals surface area contributed by atoms with Crippen LogP contribution in [-0.2, 0) is 4.79 Å². The number of aromatic nitrogens is 1. The fourth-order valence-electron chi connectivity index (χ4n) is 2.64. The van der Waals surface area contributed by atoms with Crippen LogP contribution in [0.5, 0.6) is 0 Å². The molecule has 2 amide bonds. The highest BCUT2D eigenvalue weighted by atomic mass is 16.4. The molecule has 0 aliphatic rings. The molecule has 0 saturated heterocycles. The molecule has 1 aromatic carbocycles. The van der Waals surface area contributed by atoms with E-state index >= 15 is 0 Å². The summed E-state index contributed by atoms with van der Waals surface area (Å²) in [7, 11) is 0. The van der Waals surface area contributed by atoms with Crippen molar-refractivity contribution < 1.29 is 14.7 Å². The van der Waals surface area contributed by atoms with Gasteiger partial charge < -0.3 is 15.7 Å². The average molecular weight is 379 g/mol. The number of carbonyl (C=O) groups excluding carboxylic acids is 1. The Morgan fingerprint density at radius 2 is 1.82 bits per heavy atom. The first-order valence-corrected chi connectivity index (χ1v) is 8.98. The van der Waals surface area contributed by atoms with E-state index in [1.165, 1.54) is 0 Å². The summed E-state index contributed by atoms with van der Waals surface area (Å²) in [6, 6.07) is 12.2. The number of hydrogen-bond acceptors (Lipinski definition) is 3. The quantitative estimate of drug-likeness (QED) is 0.705. The van der Waals surface area contributed by atoms with E-state index in [0.717, 1.165) is 11.1 Å². The van der Waals surface area contributed by atoms with Gasteiger partial charge in [-0.2, -0.15) is 0 Å². The Morgan fingerprint density at radius 3 is 2.43 bits per heavy atom. The SMILES string of the molecule is Cc1cc(C#Cc2ccccc2)nc(NC(=O)C(CC(C)(C)C)NC(=O)O)c1. The second-order valence-corrected chi connectivity index (χ2v) is 7.79. The third-order valence-corrected chi connectivity index (χ3v) is 3.76. The molecule has 0 bridgehead atoms. The van der Waals surface area contributed by atoms with Gasteiger partial charge in [-0.05, 0) is 54.5 Å². The average Bonchev–Trinajstić information content (AvgIpc) is 2.58. The predicted octanol–water partition coefficient (Wildman–Crippen LogP) is 3.80. The number of amides is 2. The maximum absolute atomic E-state index is 12.6. The van der Waals surface area contributed by atoms with Crippen molar-refractivity contribution in [3.8, 4) is 11.8 Å². The van der Waals surface area contributed by atoms with Crippen molar-refractivity contribution in [2.75, 3.05) is 5.32 Å². The zero-order chi connectivity index (χ0) is 20.7. The second-order valence-electron chi connectivity index (χ2n) is 7.79. The van der Waals surface area contributed by atoms with E-state index in [0.29, 0.717) is 17.9 Å². The summed E-state index contributed by atoms with van der Waals surface area (Å²) in [6.45, 7) is 7.71. The topological polar surface area (TPSA) is 91.3 Å². The van der Waals surface area contributed by atoms with Gasteiger partial charge in [0.25, 0.3) is 0 Å². The van der Waals surface area contributed by atoms with Crippen LogP contribution in [0.3, 0.4) is 0 Å². The van der Waals surface area contributed by atoms with Crippen LogP contribution in [0, 0.1) is 24.2 Å². The van der Waals surface area contributed by atoms with Crippen LogP contribution in [-0.4, -0.2) is 28.1 Å². The number of carboxylic acid groups (broad SMARTS) is 1. The Morgan fingerprint density at radius 1 is 1.14 bits per heavy atom. The zero-order valence-electron chi connectivity index (χ0n) is 16.5. The Balaban J connectivity index is 2.20. The van der Waals surface area contributed by atoms with Crippen LogP contribution < -0.4 is 10.6 Å². The summed E-state index contributed by atoms with van der Waals surface area (Å²) in [5, 5.41) is 14.0. The van der Waals surface area contributed by atoms with Crippen LogP contribution in [0.1, 0.15) is 44.0 Å². The summed E-state index contributed by atoms with van der Waals surface area (Å²) in [4.78, 5) is 28.0. The molecule has 2 rings (SSSR count). The smallest absolute Gasteiger partial charge is 0.405 e. The largest absolute Gasteiger partial charge is 0.465 e. The molecule has 3 N–H and O–H groups in total. The molecule has 0 radical (unpaired) electrons. The van der Waals surface area contributed by atoms with E-state index in [1.54, 1.807) is 6.07 Å². The summed E-state index contributed by atoms with van der Waals surface area (Å²) in [5.74, 6) is 5.92. The number of nitrogens with one attached hydrogen (secondary N) is 2. The van der Waals surface area contributed by atoms with Crippen molar-refractivity contribution in [2.45, 2.75) is 40.2 Å². The Labute approximate surface area is 165 Å². The molecule has 0 aliphatic carbocycles. The molecule has 1 heterocycles. The highest BCUT2D eigenvalue weighted by Crippen LogP contribution is 2.21. The van der Waals surface area contributed by atoms with Crippen molar-refractivity contribution in [1.29, 1.82) is 0 Å². The van der Waals surface area contributed by atoms with Crippen LogP contribution in [0.25, 0.3) is 0 Å². The predicted molar refractivity (Wildman–Crippen MR) is 109 cm³/mol. The molecule has 0 saturated carbocycles. The summed E-state index contributed by atoms with van der Waals surface area (Å²) in [6.07, 6.45) is -0.881. The van der Waals surface area contributed by atoms with Crippen molar-refractivity contribution >= 4 is 17.8 Å². The lowest BCUT2D eigenvalue weighted by Gasteiger charge is -2.25. The van der Waals surface area contributed by atoms with Gasteiger partial charge in [0.1, 0.15) is 17.6 Å². The van der Waals surface area contributed by atoms with E-state index in [-0.39, 0.29) is 5.41 Å². The summed E-state index contributed by atoms with van der Waals surface area (Å²) >= 11 is 0. The molecule has 1 unspecified atom stereocenters. The van der Waals surface area contributed by atoms with Crippen LogP contribution in [0.15, 0.2) is 42.5 Å². The van der Waals surface area contributed by atoms with Gasteiger partial charge in [0.05, 0.1) is 0 Å². The molecular weight excluding hydrogens is 354 g/mol. The molecule has 1 aromatic heterocycles. The van der Waals surface area contributed by atoms with Crippen LogP contribution >= 0.6 is 0 Å². The van der Waals surface area contributed by atoms with Crippen LogP contribution in [0.2, 0.25) is 0 Å². The second kappa shape index (κ2) is 9.05. The van der Waals surface area contributed by atoms with Gasteiger partial charge in [0, 0.05) is 5.56 Å². The van der Waals surface area contributed by atoms with Crippen molar-refractivity contribution in [2.24, 2.45) is 5.41 Å². The lowest BCUT2D eigenvalue weighted by molar-refractivity contribution is -0.118. The maximum Gasteiger partial charge on any atom is 0.405 e. The van der Waals surface area contributed by atoms with E-state index in [4.69, 9.17) is 5.11 Å². The van der Waals surface area contributed by atoms with Gasteiger partial charge in [0.15, 0.2) is 0 Å². The van der Waals surface area contributed by atoms with E-state index in [9.17, 15) is 9.59 Å². The Bertz CT molecular complexity index is 906. The van der Waals surface area contributed by atoms with E-state index < -0.39 is 18.0 Å². The lowest BCUT2D eigenvalue weighted by Crippen LogP contribution is -2.45. The van der Waals surface area contributed by atoms with Crippen molar-refractivity contribution in [3.05, 3.63) is 59.3 Å². The van der Waals surface area contributed by atoms with Crippen molar-refractivity contribution in [3.63, 3.8) is 0 Å². The summed E-state index contributed by atoms with van der Waals surface area (Å²) in [5.41, 5.74) is 2.06. The van der Waals surface area contributed by atoms with Gasteiger partial charge in [0.2, 0.25) is 5.91 Å². The summed E-state index contributed by atoms with van der Waals surface area (Å²) < 4.78 is 0. The third kappa shape index (κ3) is 7.12. The number of nitrogens with zero attached hydrogens (tertiary/aromatic N) is 1. The number of benzene rings is 1. The lowest BCUT2D eigenvalue weighted by atomic mass is 9.88. The molecule has 6 nitrogen and oxygen atoms in total. The van der Waals surface area contributed by atoms with E-state index in [1.807, 2.05) is 64.1 Å². The monoisotopic (exact) mass is 379 g/mol. The highest BCUT2D eigenvalue weighted by Gasteiger charge is 2.26. The standard InChI is InChI=1S/C22H25N3O3/c1-15-12-17(11-10-16-8-6-5-7-9-16)23-19(13-15)25-20(26)18(24-21(27)28)14-22(2,3)4/h5-9,12-13,18,24H,14H2,1-4H3,(H,27,28)(H,23,25,26). The minimum Gasteiger partial charge on any atom is -0.465 e. The van der Waals surface area contributed by atoms with Crippen LogP contribution in [0.4, 0.5) is 10.6 Å². The van der Waals surface area contributed by atoms with Gasteiger partial charge in [-0.15, -0.1) is 0 Å². The first-order valence-electron chi connectivity index (χ1n) is 8.98. The fraction of sp³-hybridized carbons (Fsp3) is 0.318. The number of pyridine rings is 1. The third-order valence-electron chi connectivity index (χ3n) is 3.76. The normalized spacial score (nSPS) is 11.7. The number of rotatable bonds is 4. The van der Waals surface area contributed by atoms with Crippen molar-refractivity contribution in [1.82, 2.24) is 10.3 Å². The number of anilines is 1. The van der Waals surface area contributed by atoms with Gasteiger partial charge in [-0.1, -0.05) is 44.9 Å². The molecule has 6 heteroatoms. The number of hydrogen-bond donors (Lipinski definition) is 3. The Kier molecular flexibility index (Phi) is 6.78. The van der Waals surface area contributed by atoms with E-state index in [2.05, 4.69) is 27.5 Å². The minimum atomic E-state index is -1.24. The molecule has 0 spiro atoms. The molecule has 0 aliphatic heterocycles. The maximum atomic E-state index is 12.6.